The summed E-state index contributed by atoms with van der Waals surface area (Å²) in [7, 11) is 0. The van der Waals surface area contributed by atoms with Crippen molar-refractivity contribution in [3.63, 3.8) is 0 Å². The summed E-state index contributed by atoms with van der Waals surface area (Å²) in [6, 6.07) is 7.67. The number of phenols is 1. The third-order valence-electron chi connectivity index (χ3n) is 2.97. The number of aliphatic carboxylic acids is 1. The van der Waals surface area contributed by atoms with Crippen molar-refractivity contribution < 1.29 is 19.7 Å². The molecule has 0 bridgehead atoms. The van der Waals surface area contributed by atoms with Gasteiger partial charge in [-0.1, -0.05) is 0 Å². The van der Waals surface area contributed by atoms with E-state index < -0.39 is 12.0 Å². The van der Waals surface area contributed by atoms with Gasteiger partial charge in [0.15, 0.2) is 5.75 Å². The molecule has 122 valence electrons. The van der Waals surface area contributed by atoms with Gasteiger partial charge >= 0.3 is 5.97 Å². The molecule has 0 aliphatic heterocycles. The van der Waals surface area contributed by atoms with Crippen molar-refractivity contribution in [2.75, 3.05) is 0 Å². The van der Waals surface area contributed by atoms with E-state index in [2.05, 4.69) is 38.5 Å². The minimum Gasteiger partial charge on any atom is -0.507 e. The Labute approximate surface area is 168 Å². The second-order valence-electron chi connectivity index (χ2n) is 4.75. The fourth-order valence-corrected chi connectivity index (χ4v) is 4.08. The highest BCUT2D eigenvalue weighted by molar-refractivity contribution is 14.1. The molecule has 0 aliphatic carbocycles. The van der Waals surface area contributed by atoms with Gasteiger partial charge in [-0.25, -0.2) is 0 Å². The summed E-state index contributed by atoms with van der Waals surface area (Å²) in [5, 5.41) is 18.4. The monoisotopic (exact) mass is 603 g/mol. The molecule has 4 N–H and O–H groups in total. The van der Waals surface area contributed by atoms with Gasteiger partial charge in [-0.3, -0.25) is 4.79 Å². The maximum atomic E-state index is 10.9. The van der Waals surface area contributed by atoms with E-state index in [1.807, 2.05) is 28.7 Å². The average molecular weight is 604 g/mol. The molecular weight excluding hydrogens is 592 g/mol. The summed E-state index contributed by atoms with van der Waals surface area (Å²) in [5.74, 6) is 0.389. The van der Waals surface area contributed by atoms with Gasteiger partial charge in [-0.05, 0) is 103 Å². The van der Waals surface area contributed by atoms with Crippen molar-refractivity contribution >= 4 is 67.1 Å². The first-order chi connectivity index (χ1) is 10.8. The molecule has 0 spiro atoms. The van der Waals surface area contributed by atoms with Crippen LogP contribution in [-0.4, -0.2) is 22.2 Å². The second kappa shape index (κ2) is 7.99. The molecule has 0 aromatic heterocycles. The zero-order chi connectivity index (χ0) is 17.1. The standard InChI is InChI=1S/C15H12BrI2NO4/c16-9-3-7(5-12(19)15(21)22)4-11(18)14(9)23-8-1-2-13(20)10(17)6-8/h1-4,6,12,20H,5,19H2,(H,21,22)/t12-/m0/s1. The molecule has 1 atom stereocenters. The van der Waals surface area contributed by atoms with E-state index in [0.29, 0.717) is 19.5 Å². The lowest BCUT2D eigenvalue weighted by atomic mass is 10.1. The number of ether oxygens (including phenoxy) is 1. The molecule has 8 heteroatoms. The number of benzene rings is 2. The van der Waals surface area contributed by atoms with Gasteiger partial charge in [0.25, 0.3) is 0 Å². The number of nitrogens with two attached hydrogens (primary N) is 1. The number of halogens is 3. The Morgan fingerprint density at radius 1 is 1.26 bits per heavy atom. The molecule has 23 heavy (non-hydrogen) atoms. The number of hydrogen-bond acceptors (Lipinski definition) is 4. The van der Waals surface area contributed by atoms with Crippen molar-refractivity contribution in [1.82, 2.24) is 0 Å². The molecule has 0 unspecified atom stereocenters. The first kappa shape index (κ1) is 18.7. The van der Waals surface area contributed by atoms with Crippen molar-refractivity contribution in [2.45, 2.75) is 12.5 Å². The summed E-state index contributed by atoms with van der Waals surface area (Å²) in [5.41, 5.74) is 6.38. The van der Waals surface area contributed by atoms with Crippen molar-refractivity contribution in [3.8, 4) is 17.2 Å². The van der Waals surface area contributed by atoms with Crippen LogP contribution in [0.1, 0.15) is 5.56 Å². The van der Waals surface area contributed by atoms with E-state index in [0.717, 1.165) is 9.13 Å². The van der Waals surface area contributed by atoms with Crippen molar-refractivity contribution in [3.05, 3.63) is 47.5 Å². The van der Waals surface area contributed by atoms with Crippen LogP contribution in [0.2, 0.25) is 0 Å². The number of phenolic OH excluding ortho intramolecular Hbond substituents is 1. The molecule has 0 fully saturated rings. The van der Waals surface area contributed by atoms with Gasteiger partial charge in [-0.2, -0.15) is 0 Å². The summed E-state index contributed by atoms with van der Waals surface area (Å²) < 4.78 is 8.09. The first-order valence-corrected chi connectivity index (χ1v) is 9.35. The first-order valence-electron chi connectivity index (χ1n) is 6.40. The third kappa shape index (κ3) is 4.94. The Morgan fingerprint density at radius 2 is 1.96 bits per heavy atom. The lowest BCUT2D eigenvalue weighted by Crippen LogP contribution is -2.32. The predicted molar refractivity (Wildman–Crippen MR) is 107 cm³/mol. The van der Waals surface area contributed by atoms with Gasteiger partial charge in [0, 0.05) is 0 Å². The number of carboxylic acid groups (broad SMARTS) is 1. The highest BCUT2D eigenvalue weighted by Gasteiger charge is 2.16. The van der Waals surface area contributed by atoms with Crippen LogP contribution in [0.3, 0.4) is 0 Å². The third-order valence-corrected chi connectivity index (χ3v) is 5.22. The molecule has 0 radical (unpaired) electrons. The summed E-state index contributed by atoms with van der Waals surface area (Å²) in [6.45, 7) is 0. The van der Waals surface area contributed by atoms with E-state index >= 15 is 0 Å². The minimum absolute atomic E-state index is 0.199. The molecule has 5 nitrogen and oxygen atoms in total. The van der Waals surface area contributed by atoms with Gasteiger partial charge in [0.1, 0.15) is 17.5 Å². The number of carbonyl (C=O) groups is 1. The lowest BCUT2D eigenvalue weighted by molar-refractivity contribution is -0.138. The molecule has 0 amide bonds. The second-order valence-corrected chi connectivity index (χ2v) is 7.93. The molecule has 2 rings (SSSR count). The average Bonchev–Trinajstić information content (AvgIpc) is 2.46. The van der Waals surface area contributed by atoms with E-state index in [1.54, 1.807) is 24.3 Å². The molecular formula is C15H12BrI2NO4. The number of hydrogen-bond donors (Lipinski definition) is 3. The zero-order valence-electron chi connectivity index (χ0n) is 11.6. The van der Waals surface area contributed by atoms with E-state index in [1.165, 1.54) is 0 Å². The van der Waals surface area contributed by atoms with Crippen LogP contribution in [0.15, 0.2) is 34.8 Å². The maximum Gasteiger partial charge on any atom is 0.320 e. The number of aromatic hydroxyl groups is 1. The molecule has 0 saturated heterocycles. The summed E-state index contributed by atoms with van der Waals surface area (Å²) >= 11 is 7.59. The molecule has 0 heterocycles. The van der Waals surface area contributed by atoms with E-state index in [9.17, 15) is 9.90 Å². The highest BCUT2D eigenvalue weighted by Crippen LogP contribution is 2.37. The van der Waals surface area contributed by atoms with Crippen LogP contribution in [-0.2, 0) is 11.2 Å². The number of carboxylic acids is 1. The maximum absolute atomic E-state index is 10.9. The Hall–Kier alpha value is -0.590. The Balaban J connectivity index is 2.26. The van der Waals surface area contributed by atoms with Crippen LogP contribution in [0.25, 0.3) is 0 Å². The van der Waals surface area contributed by atoms with Crippen LogP contribution < -0.4 is 10.5 Å². The smallest absolute Gasteiger partial charge is 0.320 e. The Morgan fingerprint density at radius 3 is 2.52 bits per heavy atom. The normalized spacial score (nSPS) is 12.0. The van der Waals surface area contributed by atoms with Gasteiger partial charge in [0.05, 0.1) is 11.6 Å². The van der Waals surface area contributed by atoms with Crippen LogP contribution in [0.4, 0.5) is 0 Å². The van der Waals surface area contributed by atoms with Crippen molar-refractivity contribution in [1.29, 1.82) is 0 Å². The largest absolute Gasteiger partial charge is 0.507 e. The SMILES string of the molecule is N[C@@H](Cc1cc(Br)c(Oc2ccc(O)c(I)c2)c(I)c1)C(=O)O. The van der Waals surface area contributed by atoms with Crippen LogP contribution in [0, 0.1) is 7.14 Å². The predicted octanol–water partition coefficient (Wildman–Crippen LogP) is 4.11. The van der Waals surface area contributed by atoms with Gasteiger partial charge in [-0.15, -0.1) is 0 Å². The zero-order valence-corrected chi connectivity index (χ0v) is 17.5. The van der Waals surface area contributed by atoms with Crippen LogP contribution >= 0.6 is 61.1 Å². The highest BCUT2D eigenvalue weighted by atomic mass is 127. The topological polar surface area (TPSA) is 92.8 Å². The summed E-state index contributed by atoms with van der Waals surface area (Å²) in [4.78, 5) is 10.9. The lowest BCUT2D eigenvalue weighted by Gasteiger charge is -2.13. The van der Waals surface area contributed by atoms with Crippen molar-refractivity contribution in [2.24, 2.45) is 5.73 Å². The molecule has 0 saturated carbocycles. The fraction of sp³-hybridized carbons (Fsp3) is 0.133. The van der Waals surface area contributed by atoms with E-state index in [4.69, 9.17) is 15.6 Å². The quantitative estimate of drug-likeness (QED) is 0.448. The van der Waals surface area contributed by atoms with Gasteiger partial charge < -0.3 is 20.7 Å². The van der Waals surface area contributed by atoms with Gasteiger partial charge in [0.2, 0.25) is 0 Å². The molecule has 2 aromatic carbocycles. The Kier molecular flexibility index (Phi) is 6.51. The van der Waals surface area contributed by atoms with Crippen LogP contribution in [0.5, 0.6) is 17.2 Å². The molecule has 0 aliphatic rings. The Bertz CT molecular complexity index is 731. The van der Waals surface area contributed by atoms with E-state index in [-0.39, 0.29) is 12.2 Å². The summed E-state index contributed by atoms with van der Waals surface area (Å²) in [6.07, 6.45) is 0.237. The number of rotatable bonds is 5. The minimum atomic E-state index is -1.03. The molecule has 2 aromatic rings. The fourth-order valence-electron chi connectivity index (χ4n) is 1.84.